The summed E-state index contributed by atoms with van der Waals surface area (Å²) in [7, 11) is 0. The van der Waals surface area contributed by atoms with Crippen LogP contribution in [0.25, 0.3) is 16.9 Å². The van der Waals surface area contributed by atoms with Gasteiger partial charge in [0.1, 0.15) is 11.6 Å². The molecule has 2 heterocycles. The summed E-state index contributed by atoms with van der Waals surface area (Å²) in [5.41, 5.74) is 7.32. The van der Waals surface area contributed by atoms with Crippen LogP contribution in [0.2, 0.25) is 0 Å². The normalized spacial score (nSPS) is 15.2. The molecule has 30 heavy (non-hydrogen) atoms. The minimum absolute atomic E-state index is 0.0547. The van der Waals surface area contributed by atoms with E-state index in [0.717, 1.165) is 0 Å². The predicted molar refractivity (Wildman–Crippen MR) is 102 cm³/mol. The Morgan fingerprint density at radius 2 is 2.00 bits per heavy atom. The number of nitrogens with zero attached hydrogens (tertiary/aromatic N) is 3. The first-order valence-electron chi connectivity index (χ1n) is 9.28. The smallest absolute Gasteiger partial charge is 0.366 e. The Labute approximate surface area is 169 Å². The number of hydrogen-bond acceptors (Lipinski definition) is 4. The van der Waals surface area contributed by atoms with Gasteiger partial charge in [-0.05, 0) is 43.9 Å². The highest BCUT2D eigenvalue weighted by molar-refractivity contribution is 6.00. The monoisotopic (exact) mass is 417 g/mol. The molecule has 1 atom stereocenters. The highest BCUT2D eigenvalue weighted by Crippen LogP contribution is 2.40. The second-order valence-corrected chi connectivity index (χ2v) is 7.35. The number of alkyl halides is 3. The van der Waals surface area contributed by atoms with E-state index in [1.54, 1.807) is 37.3 Å². The van der Waals surface area contributed by atoms with Gasteiger partial charge in [-0.1, -0.05) is 12.1 Å². The number of aryl methyl sites for hydroxylation is 1. The zero-order valence-electron chi connectivity index (χ0n) is 15.9. The van der Waals surface area contributed by atoms with Crippen molar-refractivity contribution in [2.45, 2.75) is 32.0 Å². The summed E-state index contributed by atoms with van der Waals surface area (Å²) in [6.07, 6.45) is -2.47. The first-order valence-corrected chi connectivity index (χ1v) is 9.28. The largest absolute Gasteiger partial charge is 0.408 e. The van der Waals surface area contributed by atoms with E-state index >= 15 is 0 Å². The third-order valence-corrected chi connectivity index (χ3v) is 5.07. The van der Waals surface area contributed by atoms with Crippen molar-refractivity contribution < 1.29 is 22.8 Å². The first kappa shape index (κ1) is 19.9. The summed E-state index contributed by atoms with van der Waals surface area (Å²) in [6, 6.07) is 6.28. The zero-order chi connectivity index (χ0) is 21.6. The molecule has 2 amide bonds. The van der Waals surface area contributed by atoms with Gasteiger partial charge in [0.05, 0.1) is 11.9 Å². The summed E-state index contributed by atoms with van der Waals surface area (Å²) in [5.74, 6) is -2.08. The van der Waals surface area contributed by atoms with Crippen molar-refractivity contribution in [1.82, 2.24) is 19.9 Å². The molecule has 1 aliphatic carbocycles. The fourth-order valence-electron chi connectivity index (χ4n) is 3.37. The van der Waals surface area contributed by atoms with Crippen LogP contribution in [0.5, 0.6) is 0 Å². The van der Waals surface area contributed by atoms with E-state index in [-0.39, 0.29) is 16.8 Å². The van der Waals surface area contributed by atoms with Gasteiger partial charge in [-0.25, -0.2) is 9.50 Å². The molecular formula is C20H18F3N5O2. The van der Waals surface area contributed by atoms with Crippen LogP contribution >= 0.6 is 0 Å². The lowest BCUT2D eigenvalue weighted by molar-refractivity contribution is -0.158. The number of primary amides is 1. The lowest BCUT2D eigenvalue weighted by Crippen LogP contribution is -2.46. The standard InChI is InChI=1S/C20H18F3N5O2/c1-10-7-15(12-3-2-4-13(8-12)17(24)29)26-18-14(9-25-28(10)18)19(30)27-16(11-5-6-11)20(21,22)23/h2-4,7-9,11,16H,5-6H2,1H3,(H2,24,29)(H,27,30). The molecular weight excluding hydrogens is 399 g/mol. The van der Waals surface area contributed by atoms with Crippen LogP contribution in [-0.4, -0.2) is 38.6 Å². The quantitative estimate of drug-likeness (QED) is 0.666. The third-order valence-electron chi connectivity index (χ3n) is 5.07. The Hall–Kier alpha value is -3.43. The molecule has 2 aromatic heterocycles. The average molecular weight is 417 g/mol. The minimum atomic E-state index is -4.52. The number of rotatable bonds is 5. The molecule has 10 heteroatoms. The molecule has 1 aliphatic rings. The molecule has 0 radical (unpaired) electrons. The lowest BCUT2D eigenvalue weighted by atomic mass is 10.1. The van der Waals surface area contributed by atoms with Crippen molar-refractivity contribution in [1.29, 1.82) is 0 Å². The van der Waals surface area contributed by atoms with Gasteiger partial charge in [-0.15, -0.1) is 0 Å². The van der Waals surface area contributed by atoms with E-state index in [0.29, 0.717) is 29.8 Å². The topological polar surface area (TPSA) is 102 Å². The lowest BCUT2D eigenvalue weighted by Gasteiger charge is -2.20. The van der Waals surface area contributed by atoms with Crippen LogP contribution in [0.1, 0.15) is 39.3 Å². The Bertz CT molecular complexity index is 1150. The number of halogens is 3. The van der Waals surface area contributed by atoms with Crippen LogP contribution in [0.15, 0.2) is 36.5 Å². The molecule has 1 unspecified atom stereocenters. The molecule has 1 aromatic carbocycles. The Morgan fingerprint density at radius 1 is 1.27 bits per heavy atom. The summed E-state index contributed by atoms with van der Waals surface area (Å²) in [5, 5.41) is 6.19. The van der Waals surface area contributed by atoms with Gasteiger partial charge in [0, 0.05) is 16.8 Å². The van der Waals surface area contributed by atoms with E-state index in [2.05, 4.69) is 15.4 Å². The number of aromatic nitrogens is 3. The number of benzene rings is 1. The van der Waals surface area contributed by atoms with E-state index < -0.39 is 30.0 Å². The third kappa shape index (κ3) is 3.72. The average Bonchev–Trinajstić information content (AvgIpc) is 3.42. The highest BCUT2D eigenvalue weighted by atomic mass is 19.4. The molecule has 0 aliphatic heterocycles. The maximum atomic E-state index is 13.3. The van der Waals surface area contributed by atoms with E-state index in [1.807, 2.05) is 0 Å². The van der Waals surface area contributed by atoms with Crippen LogP contribution in [0, 0.1) is 12.8 Å². The molecule has 4 rings (SSSR count). The van der Waals surface area contributed by atoms with Crippen molar-refractivity contribution in [2.75, 3.05) is 0 Å². The van der Waals surface area contributed by atoms with Crippen molar-refractivity contribution >= 4 is 17.5 Å². The number of nitrogens with two attached hydrogens (primary N) is 1. The van der Waals surface area contributed by atoms with E-state index in [4.69, 9.17) is 5.73 Å². The van der Waals surface area contributed by atoms with Gasteiger partial charge in [0.2, 0.25) is 5.91 Å². The molecule has 156 valence electrons. The summed E-state index contributed by atoms with van der Waals surface area (Å²) in [6.45, 7) is 1.73. The number of hydrogen-bond donors (Lipinski definition) is 2. The molecule has 1 fully saturated rings. The minimum Gasteiger partial charge on any atom is -0.366 e. The Morgan fingerprint density at radius 3 is 2.63 bits per heavy atom. The highest BCUT2D eigenvalue weighted by Gasteiger charge is 2.49. The molecule has 7 nitrogen and oxygen atoms in total. The zero-order valence-corrected chi connectivity index (χ0v) is 15.9. The van der Waals surface area contributed by atoms with Crippen molar-refractivity contribution in [3.05, 3.63) is 53.3 Å². The maximum absolute atomic E-state index is 13.3. The van der Waals surface area contributed by atoms with Gasteiger partial charge < -0.3 is 11.1 Å². The van der Waals surface area contributed by atoms with Gasteiger partial charge in [-0.3, -0.25) is 9.59 Å². The number of nitrogens with one attached hydrogen (secondary N) is 1. The van der Waals surface area contributed by atoms with Crippen LogP contribution in [-0.2, 0) is 0 Å². The van der Waals surface area contributed by atoms with Crippen LogP contribution in [0.4, 0.5) is 13.2 Å². The van der Waals surface area contributed by atoms with Gasteiger partial charge >= 0.3 is 6.18 Å². The second-order valence-electron chi connectivity index (χ2n) is 7.35. The molecule has 3 aromatic rings. The van der Waals surface area contributed by atoms with Gasteiger partial charge in [0.25, 0.3) is 5.91 Å². The predicted octanol–water partition coefficient (Wildman–Crippen LogP) is 2.87. The number of amides is 2. The Kier molecular flexibility index (Phi) is 4.71. The summed E-state index contributed by atoms with van der Waals surface area (Å²) < 4.78 is 41.3. The van der Waals surface area contributed by atoms with Gasteiger partial charge in [-0.2, -0.15) is 18.3 Å². The van der Waals surface area contributed by atoms with E-state index in [1.165, 1.54) is 10.7 Å². The molecule has 0 spiro atoms. The van der Waals surface area contributed by atoms with E-state index in [9.17, 15) is 22.8 Å². The maximum Gasteiger partial charge on any atom is 0.408 e. The fourth-order valence-corrected chi connectivity index (χ4v) is 3.37. The van der Waals surface area contributed by atoms with Crippen molar-refractivity contribution in [3.63, 3.8) is 0 Å². The summed E-state index contributed by atoms with van der Waals surface area (Å²) >= 11 is 0. The number of carbonyl (C=O) groups excluding carboxylic acids is 2. The van der Waals surface area contributed by atoms with Crippen molar-refractivity contribution in [3.8, 4) is 11.3 Å². The molecule has 0 bridgehead atoms. The van der Waals surface area contributed by atoms with Crippen molar-refractivity contribution in [2.24, 2.45) is 11.7 Å². The summed E-state index contributed by atoms with van der Waals surface area (Å²) in [4.78, 5) is 28.5. The second kappa shape index (κ2) is 7.12. The Balaban J connectivity index is 1.73. The van der Waals surface area contributed by atoms with Crippen LogP contribution in [0.3, 0.4) is 0 Å². The number of fused-ring (bicyclic) bond motifs is 1. The SMILES string of the molecule is Cc1cc(-c2cccc(C(N)=O)c2)nc2c(C(=O)NC(C3CC3)C(F)(F)F)cnn12. The first-order chi connectivity index (χ1) is 14.1. The van der Waals surface area contributed by atoms with Crippen LogP contribution < -0.4 is 11.1 Å². The molecule has 3 N–H and O–H groups in total. The molecule has 1 saturated carbocycles. The number of carbonyl (C=O) groups is 2. The fraction of sp³-hybridized carbons (Fsp3) is 0.300. The van der Waals surface area contributed by atoms with Gasteiger partial charge in [0.15, 0.2) is 5.65 Å². The molecule has 0 saturated heterocycles.